The maximum absolute atomic E-state index is 13.9. The van der Waals surface area contributed by atoms with Crippen LogP contribution in [-0.2, 0) is 0 Å². The molecule has 2 unspecified atom stereocenters. The van der Waals surface area contributed by atoms with E-state index < -0.39 is 6.17 Å². The van der Waals surface area contributed by atoms with Gasteiger partial charge in [0.2, 0.25) is 0 Å². The summed E-state index contributed by atoms with van der Waals surface area (Å²) < 4.78 is 25.9. The molecule has 0 amide bonds. The third-order valence-electron chi connectivity index (χ3n) is 3.09. The Morgan fingerprint density at radius 3 is 2.81 bits per heavy atom. The number of hydrogen-bond donors (Lipinski definition) is 0. The standard InChI is InChI=1S/C14H16F2/c15-10-4-3-7-14(16)13-9-8-11-5-1-2-6-12(11)13/h1-2,5-6,8-9,13-14H,3-4,7,10H2. The van der Waals surface area contributed by atoms with Crippen molar-refractivity contribution >= 4 is 6.08 Å². The van der Waals surface area contributed by atoms with E-state index in [4.69, 9.17) is 0 Å². The average Bonchev–Trinajstić information content (AvgIpc) is 2.73. The fraction of sp³-hybridized carbons (Fsp3) is 0.429. The van der Waals surface area contributed by atoms with Crippen LogP contribution >= 0.6 is 0 Å². The molecular weight excluding hydrogens is 206 g/mol. The van der Waals surface area contributed by atoms with Crippen LogP contribution < -0.4 is 0 Å². The molecule has 0 spiro atoms. The van der Waals surface area contributed by atoms with Crippen molar-refractivity contribution in [3.63, 3.8) is 0 Å². The van der Waals surface area contributed by atoms with E-state index in [1.54, 1.807) is 0 Å². The normalized spacial score (nSPS) is 19.8. The Balaban J connectivity index is 1.99. The number of fused-ring (bicyclic) bond motifs is 1. The molecule has 86 valence electrons. The van der Waals surface area contributed by atoms with Crippen molar-refractivity contribution in [2.75, 3.05) is 6.67 Å². The van der Waals surface area contributed by atoms with Crippen LogP contribution in [0.3, 0.4) is 0 Å². The first-order chi connectivity index (χ1) is 7.83. The number of rotatable bonds is 5. The second-order valence-corrected chi connectivity index (χ2v) is 4.21. The zero-order chi connectivity index (χ0) is 11.4. The van der Waals surface area contributed by atoms with Crippen LogP contribution in [0.1, 0.15) is 36.3 Å². The summed E-state index contributed by atoms with van der Waals surface area (Å²) >= 11 is 0. The summed E-state index contributed by atoms with van der Waals surface area (Å²) in [5.74, 6) is -0.129. The molecule has 0 fully saturated rings. The highest BCUT2D eigenvalue weighted by Crippen LogP contribution is 2.35. The molecule has 1 aliphatic rings. The minimum atomic E-state index is -0.883. The highest BCUT2D eigenvalue weighted by atomic mass is 19.1. The highest BCUT2D eigenvalue weighted by Gasteiger charge is 2.24. The summed E-state index contributed by atoms with van der Waals surface area (Å²) in [6.07, 6.45) is 4.56. The van der Waals surface area contributed by atoms with Crippen molar-refractivity contribution in [3.8, 4) is 0 Å². The summed E-state index contributed by atoms with van der Waals surface area (Å²) in [5.41, 5.74) is 2.18. The number of alkyl halides is 2. The van der Waals surface area contributed by atoms with Crippen molar-refractivity contribution in [2.24, 2.45) is 0 Å². The fourth-order valence-electron chi connectivity index (χ4n) is 2.21. The van der Waals surface area contributed by atoms with E-state index in [-0.39, 0.29) is 12.6 Å². The Kier molecular flexibility index (Phi) is 3.70. The Bertz CT molecular complexity index is 371. The molecule has 1 aromatic carbocycles. The molecule has 0 saturated heterocycles. The first kappa shape index (κ1) is 11.3. The lowest BCUT2D eigenvalue weighted by Gasteiger charge is -2.15. The van der Waals surface area contributed by atoms with E-state index in [0.717, 1.165) is 11.1 Å². The fourth-order valence-corrected chi connectivity index (χ4v) is 2.21. The van der Waals surface area contributed by atoms with Gasteiger partial charge in [-0.3, -0.25) is 4.39 Å². The minimum Gasteiger partial charge on any atom is -0.251 e. The Morgan fingerprint density at radius 2 is 2.00 bits per heavy atom. The van der Waals surface area contributed by atoms with Gasteiger partial charge in [0.1, 0.15) is 6.17 Å². The largest absolute Gasteiger partial charge is 0.251 e. The molecule has 0 nitrogen and oxygen atoms in total. The van der Waals surface area contributed by atoms with E-state index in [2.05, 4.69) is 0 Å². The van der Waals surface area contributed by atoms with E-state index in [9.17, 15) is 8.78 Å². The van der Waals surface area contributed by atoms with Gasteiger partial charge in [-0.25, -0.2) is 4.39 Å². The van der Waals surface area contributed by atoms with E-state index in [1.165, 1.54) is 0 Å². The summed E-state index contributed by atoms with van der Waals surface area (Å²) in [5, 5.41) is 0. The molecule has 0 bridgehead atoms. The van der Waals surface area contributed by atoms with E-state index in [1.807, 2.05) is 36.4 Å². The smallest absolute Gasteiger partial charge is 0.110 e. The Morgan fingerprint density at radius 1 is 1.19 bits per heavy atom. The van der Waals surface area contributed by atoms with Crippen LogP contribution in [0.25, 0.3) is 6.08 Å². The van der Waals surface area contributed by atoms with Gasteiger partial charge in [0.15, 0.2) is 0 Å². The molecule has 0 radical (unpaired) electrons. The van der Waals surface area contributed by atoms with Gasteiger partial charge in [0.05, 0.1) is 6.67 Å². The zero-order valence-electron chi connectivity index (χ0n) is 9.20. The molecule has 2 heteroatoms. The molecule has 0 N–H and O–H groups in total. The molecule has 2 atom stereocenters. The number of unbranched alkanes of at least 4 members (excludes halogenated alkanes) is 1. The third kappa shape index (κ3) is 2.31. The second kappa shape index (κ2) is 5.24. The van der Waals surface area contributed by atoms with E-state index >= 15 is 0 Å². The Labute approximate surface area is 95.0 Å². The SMILES string of the molecule is FCCCCC(F)C1C=Cc2ccccc21. The minimum absolute atomic E-state index is 0.129. The van der Waals surface area contributed by atoms with Gasteiger partial charge < -0.3 is 0 Å². The molecular formula is C14H16F2. The quantitative estimate of drug-likeness (QED) is 0.652. The van der Waals surface area contributed by atoms with Gasteiger partial charge in [-0.05, 0) is 30.4 Å². The number of halogens is 2. The summed E-state index contributed by atoms with van der Waals surface area (Å²) in [4.78, 5) is 0. The van der Waals surface area contributed by atoms with Crippen LogP contribution in [0.2, 0.25) is 0 Å². The summed E-state index contributed by atoms with van der Waals surface area (Å²) in [7, 11) is 0. The second-order valence-electron chi connectivity index (χ2n) is 4.21. The molecule has 0 aromatic heterocycles. The van der Waals surface area contributed by atoms with Crippen LogP contribution in [0.4, 0.5) is 8.78 Å². The van der Waals surface area contributed by atoms with Crippen molar-refractivity contribution < 1.29 is 8.78 Å². The van der Waals surface area contributed by atoms with Crippen molar-refractivity contribution in [2.45, 2.75) is 31.4 Å². The molecule has 1 aliphatic carbocycles. The summed E-state index contributed by atoms with van der Waals surface area (Å²) in [6.45, 7) is -0.343. The predicted octanol–water partition coefficient (Wildman–Crippen LogP) is 4.27. The first-order valence-corrected chi connectivity index (χ1v) is 5.80. The summed E-state index contributed by atoms with van der Waals surface area (Å²) in [6, 6.07) is 7.87. The lowest BCUT2D eigenvalue weighted by atomic mass is 9.93. The number of allylic oxidation sites excluding steroid dienone is 1. The van der Waals surface area contributed by atoms with Crippen molar-refractivity contribution in [3.05, 3.63) is 41.5 Å². The molecule has 1 aromatic rings. The number of benzene rings is 1. The highest BCUT2D eigenvalue weighted by molar-refractivity contribution is 5.62. The van der Waals surface area contributed by atoms with Gasteiger partial charge in [0, 0.05) is 5.92 Å². The Hall–Kier alpha value is -1.18. The topological polar surface area (TPSA) is 0 Å². The van der Waals surface area contributed by atoms with Gasteiger partial charge >= 0.3 is 0 Å². The van der Waals surface area contributed by atoms with Gasteiger partial charge in [-0.15, -0.1) is 0 Å². The third-order valence-corrected chi connectivity index (χ3v) is 3.09. The van der Waals surface area contributed by atoms with Crippen LogP contribution in [-0.4, -0.2) is 12.8 Å². The van der Waals surface area contributed by atoms with Crippen LogP contribution in [0.5, 0.6) is 0 Å². The molecule has 2 rings (SSSR count). The lowest BCUT2D eigenvalue weighted by molar-refractivity contribution is 0.279. The predicted molar refractivity (Wildman–Crippen MR) is 62.9 cm³/mol. The van der Waals surface area contributed by atoms with Gasteiger partial charge in [-0.2, -0.15) is 0 Å². The van der Waals surface area contributed by atoms with Crippen LogP contribution in [0, 0.1) is 0 Å². The molecule has 0 heterocycles. The van der Waals surface area contributed by atoms with Gasteiger partial charge in [0.25, 0.3) is 0 Å². The first-order valence-electron chi connectivity index (χ1n) is 5.80. The van der Waals surface area contributed by atoms with E-state index in [0.29, 0.717) is 19.3 Å². The van der Waals surface area contributed by atoms with Gasteiger partial charge in [-0.1, -0.05) is 36.4 Å². The van der Waals surface area contributed by atoms with Crippen molar-refractivity contribution in [1.29, 1.82) is 0 Å². The molecule has 16 heavy (non-hydrogen) atoms. The van der Waals surface area contributed by atoms with Crippen molar-refractivity contribution in [1.82, 2.24) is 0 Å². The lowest BCUT2D eigenvalue weighted by Crippen LogP contribution is -2.10. The zero-order valence-corrected chi connectivity index (χ0v) is 9.20. The maximum atomic E-state index is 13.9. The number of hydrogen-bond acceptors (Lipinski definition) is 0. The molecule has 0 saturated carbocycles. The molecule has 0 aliphatic heterocycles. The maximum Gasteiger partial charge on any atom is 0.110 e. The van der Waals surface area contributed by atoms with Crippen LogP contribution in [0.15, 0.2) is 30.3 Å². The average molecular weight is 222 g/mol. The monoisotopic (exact) mass is 222 g/mol.